The first-order valence-corrected chi connectivity index (χ1v) is 13.5. The third kappa shape index (κ3) is 3.86. The molecule has 38 heavy (non-hydrogen) atoms. The number of carbonyl (C=O) groups is 2. The summed E-state index contributed by atoms with van der Waals surface area (Å²) in [6.07, 6.45) is 0. The maximum Gasteiger partial charge on any atom is 0.271 e. The van der Waals surface area contributed by atoms with Crippen molar-refractivity contribution in [2.24, 2.45) is 4.99 Å². The van der Waals surface area contributed by atoms with E-state index in [0.717, 1.165) is 15.7 Å². The number of para-hydroxylation sites is 1. The predicted molar refractivity (Wildman–Crippen MR) is 152 cm³/mol. The zero-order valence-corrected chi connectivity index (χ0v) is 22.8. The van der Waals surface area contributed by atoms with E-state index in [-0.39, 0.29) is 17.4 Å². The topological polar surface area (TPSA) is 83.8 Å². The molecule has 0 unspecified atom stereocenters. The van der Waals surface area contributed by atoms with Crippen LogP contribution in [0.5, 0.6) is 0 Å². The van der Waals surface area contributed by atoms with E-state index in [4.69, 9.17) is 0 Å². The van der Waals surface area contributed by atoms with Gasteiger partial charge in [-0.3, -0.25) is 19.0 Å². The fourth-order valence-electron chi connectivity index (χ4n) is 4.95. The Kier molecular flexibility index (Phi) is 5.97. The summed E-state index contributed by atoms with van der Waals surface area (Å²) in [4.78, 5) is 47.8. The van der Waals surface area contributed by atoms with Gasteiger partial charge in [-0.2, -0.15) is 0 Å². The largest absolute Gasteiger partial charge is 0.322 e. The monoisotopic (exact) mass is 584 g/mol. The molecule has 0 aliphatic carbocycles. The number of thiazole rings is 1. The molecule has 2 amide bonds. The van der Waals surface area contributed by atoms with E-state index in [0.29, 0.717) is 37.4 Å². The summed E-state index contributed by atoms with van der Waals surface area (Å²) in [6.45, 7) is 1.78. The number of nitrogens with zero attached hydrogens (tertiary/aromatic N) is 3. The molecule has 0 radical (unpaired) electrons. The number of nitrogens with one attached hydrogen (secondary N) is 1. The Morgan fingerprint density at radius 2 is 1.68 bits per heavy atom. The number of allylic oxidation sites excluding steroid dienone is 1. The lowest BCUT2D eigenvalue weighted by molar-refractivity contribution is -0.113. The van der Waals surface area contributed by atoms with Gasteiger partial charge in [-0.05, 0) is 42.8 Å². The Morgan fingerprint density at radius 3 is 2.39 bits per heavy atom. The number of benzene rings is 3. The first-order valence-electron chi connectivity index (χ1n) is 11.9. The van der Waals surface area contributed by atoms with Crippen molar-refractivity contribution < 1.29 is 9.59 Å². The van der Waals surface area contributed by atoms with Crippen molar-refractivity contribution in [1.82, 2.24) is 4.57 Å². The van der Waals surface area contributed by atoms with E-state index in [1.165, 1.54) is 11.3 Å². The molecule has 0 bridgehead atoms. The number of halogens is 1. The standard InChI is InChI=1S/C29H21BrN4O3S/c1-16-22(26(35)32-19-11-7-4-8-12-19)24(17-9-5-3-6-10-17)34-28(37)25(38-29(34)31-16)23-20-15-18(30)13-14-21(20)33(2)27(23)36/h3-15,24H,1-2H3,(H,32,35)/b25-23-/t24-/m1/s1. The lowest BCUT2D eigenvalue weighted by Crippen LogP contribution is -2.41. The maximum absolute atomic E-state index is 14.1. The Morgan fingerprint density at radius 1 is 1.00 bits per heavy atom. The number of amides is 2. The number of likely N-dealkylation sites (N-methyl/N-ethyl adjacent to an activating group) is 1. The summed E-state index contributed by atoms with van der Waals surface area (Å²) in [5.74, 6) is -0.590. The fourth-order valence-corrected chi connectivity index (χ4v) is 6.44. The Hall–Kier alpha value is -4.08. The van der Waals surface area contributed by atoms with Crippen LogP contribution in [0.15, 0.2) is 104 Å². The minimum absolute atomic E-state index is 0.252. The molecule has 0 fully saturated rings. The van der Waals surface area contributed by atoms with Crippen LogP contribution in [0.4, 0.5) is 11.4 Å². The van der Waals surface area contributed by atoms with E-state index < -0.39 is 6.04 Å². The average Bonchev–Trinajstić information content (AvgIpc) is 3.35. The quantitative estimate of drug-likeness (QED) is 0.395. The Bertz CT molecular complexity index is 1840. The summed E-state index contributed by atoms with van der Waals surface area (Å²) in [7, 11) is 1.70. The van der Waals surface area contributed by atoms with E-state index in [9.17, 15) is 14.4 Å². The third-order valence-electron chi connectivity index (χ3n) is 6.72. The third-order valence-corrected chi connectivity index (χ3v) is 8.27. The molecule has 9 heteroatoms. The molecule has 3 heterocycles. The Labute approximate surface area is 230 Å². The van der Waals surface area contributed by atoms with Gasteiger partial charge in [0.05, 0.1) is 28.6 Å². The molecule has 1 atom stereocenters. The van der Waals surface area contributed by atoms with Crippen LogP contribution in [0.3, 0.4) is 0 Å². The van der Waals surface area contributed by atoms with Crippen molar-refractivity contribution in [3.8, 4) is 0 Å². The molecule has 1 aromatic heterocycles. The van der Waals surface area contributed by atoms with Crippen LogP contribution in [0.1, 0.15) is 24.1 Å². The summed E-state index contributed by atoms with van der Waals surface area (Å²) in [6, 6.07) is 23.4. The summed E-state index contributed by atoms with van der Waals surface area (Å²) < 4.78 is 2.65. The van der Waals surface area contributed by atoms with Crippen molar-refractivity contribution in [1.29, 1.82) is 0 Å². The van der Waals surface area contributed by atoms with Gasteiger partial charge in [0, 0.05) is 22.8 Å². The van der Waals surface area contributed by atoms with Crippen molar-refractivity contribution in [3.63, 3.8) is 0 Å². The number of carbonyl (C=O) groups excluding carboxylic acids is 2. The van der Waals surface area contributed by atoms with Gasteiger partial charge < -0.3 is 10.2 Å². The van der Waals surface area contributed by atoms with Gasteiger partial charge in [0.25, 0.3) is 17.4 Å². The van der Waals surface area contributed by atoms with Crippen molar-refractivity contribution in [2.45, 2.75) is 13.0 Å². The highest BCUT2D eigenvalue weighted by molar-refractivity contribution is 9.10. The lowest BCUT2D eigenvalue weighted by atomic mass is 9.95. The van der Waals surface area contributed by atoms with Crippen LogP contribution in [-0.2, 0) is 9.59 Å². The van der Waals surface area contributed by atoms with Gasteiger partial charge in [-0.1, -0.05) is 75.8 Å². The van der Waals surface area contributed by atoms with Gasteiger partial charge in [-0.25, -0.2) is 4.99 Å². The number of anilines is 2. The van der Waals surface area contributed by atoms with Gasteiger partial charge in [0.15, 0.2) is 4.80 Å². The molecule has 1 N–H and O–H groups in total. The van der Waals surface area contributed by atoms with Crippen LogP contribution in [0.25, 0.3) is 5.57 Å². The lowest BCUT2D eigenvalue weighted by Gasteiger charge is -2.25. The number of aromatic nitrogens is 1. The molecule has 7 nitrogen and oxygen atoms in total. The summed E-state index contributed by atoms with van der Waals surface area (Å²) >= 11 is 4.66. The highest BCUT2D eigenvalue weighted by Gasteiger charge is 2.36. The predicted octanol–water partition coefficient (Wildman–Crippen LogP) is 3.98. The molecular formula is C29H21BrN4O3S. The smallest absolute Gasteiger partial charge is 0.271 e. The minimum Gasteiger partial charge on any atom is -0.322 e. The number of rotatable bonds is 3. The number of fused-ring (bicyclic) bond motifs is 2. The van der Waals surface area contributed by atoms with Crippen molar-refractivity contribution >= 4 is 56.0 Å². The highest BCUT2D eigenvalue weighted by atomic mass is 79.9. The minimum atomic E-state index is -0.707. The number of hydrogen-bond donors (Lipinski definition) is 1. The first-order chi connectivity index (χ1) is 18.3. The maximum atomic E-state index is 14.1. The van der Waals surface area contributed by atoms with Crippen LogP contribution in [0.2, 0.25) is 0 Å². The second-order valence-electron chi connectivity index (χ2n) is 9.03. The molecule has 0 spiro atoms. The molecule has 188 valence electrons. The molecule has 3 aromatic carbocycles. The van der Waals surface area contributed by atoms with Crippen LogP contribution < -0.4 is 25.1 Å². The first kappa shape index (κ1) is 24.3. The number of hydrogen-bond acceptors (Lipinski definition) is 5. The molecule has 6 rings (SSSR count). The van der Waals surface area contributed by atoms with E-state index in [1.807, 2.05) is 66.7 Å². The molecule has 4 aromatic rings. The average molecular weight is 585 g/mol. The normalized spacial score (nSPS) is 17.7. The summed E-state index contributed by atoms with van der Waals surface area (Å²) in [5, 5.41) is 2.95. The van der Waals surface area contributed by atoms with Crippen LogP contribution in [0, 0.1) is 0 Å². The molecule has 0 saturated carbocycles. The van der Waals surface area contributed by atoms with Crippen molar-refractivity contribution in [3.05, 3.63) is 125 Å². The molecular weight excluding hydrogens is 564 g/mol. The molecule has 2 aliphatic rings. The van der Waals surface area contributed by atoms with E-state index >= 15 is 0 Å². The van der Waals surface area contributed by atoms with Gasteiger partial charge >= 0.3 is 0 Å². The van der Waals surface area contributed by atoms with Gasteiger partial charge in [0.2, 0.25) is 0 Å². The van der Waals surface area contributed by atoms with E-state index in [2.05, 4.69) is 26.2 Å². The highest BCUT2D eigenvalue weighted by Crippen LogP contribution is 2.36. The second-order valence-corrected chi connectivity index (χ2v) is 10.9. The SMILES string of the molecule is CC1=C(C(=O)Nc2ccccc2)[C@@H](c2ccccc2)n2c(s/c(=C3\C(=O)N(C)c4ccc(Br)cc43)c2=O)=N1. The fraction of sp³-hybridized carbons (Fsp3) is 0.103. The zero-order chi connectivity index (χ0) is 26.6. The Balaban J connectivity index is 1.59. The van der Waals surface area contributed by atoms with E-state index in [1.54, 1.807) is 35.6 Å². The van der Waals surface area contributed by atoms with Crippen molar-refractivity contribution in [2.75, 3.05) is 17.3 Å². The zero-order valence-electron chi connectivity index (χ0n) is 20.4. The molecule has 2 aliphatic heterocycles. The van der Waals surface area contributed by atoms with Gasteiger partial charge in [-0.15, -0.1) is 0 Å². The summed E-state index contributed by atoms with van der Waals surface area (Å²) in [5.41, 5.74) is 3.72. The second kappa shape index (κ2) is 9.34. The molecule has 0 saturated heterocycles. The van der Waals surface area contributed by atoms with Crippen LogP contribution in [-0.4, -0.2) is 23.4 Å². The van der Waals surface area contributed by atoms with Gasteiger partial charge in [0.1, 0.15) is 4.53 Å². The van der Waals surface area contributed by atoms with Crippen LogP contribution >= 0.6 is 27.3 Å².